The molecule has 1 saturated heterocycles. The predicted molar refractivity (Wildman–Crippen MR) is 91.5 cm³/mol. The van der Waals surface area contributed by atoms with E-state index in [1.165, 1.54) is 0 Å². The molecule has 1 aliphatic heterocycles. The number of nitrogens with zero attached hydrogens (tertiary/aromatic N) is 4. The highest BCUT2D eigenvalue weighted by Gasteiger charge is 2.31. The third-order valence-electron chi connectivity index (χ3n) is 4.59. The number of carbonyl (C=O) groups excluding carboxylic acids is 1. The topological polar surface area (TPSA) is 82.7 Å². The lowest BCUT2D eigenvalue weighted by molar-refractivity contribution is -0.131. The molecule has 1 aromatic heterocycles. The van der Waals surface area contributed by atoms with Crippen LogP contribution in [0.4, 0.5) is 0 Å². The van der Waals surface area contributed by atoms with E-state index in [-0.39, 0.29) is 11.9 Å². The van der Waals surface area contributed by atoms with E-state index in [2.05, 4.69) is 15.0 Å². The van der Waals surface area contributed by atoms with Crippen LogP contribution in [-0.2, 0) is 11.3 Å². The normalized spacial score (nSPS) is 19.1. The van der Waals surface area contributed by atoms with Crippen LogP contribution in [0.5, 0.6) is 0 Å². The molecule has 0 spiro atoms. The van der Waals surface area contributed by atoms with E-state index >= 15 is 0 Å². The zero-order chi connectivity index (χ0) is 17.8. The van der Waals surface area contributed by atoms with Crippen LogP contribution in [0.25, 0.3) is 0 Å². The van der Waals surface area contributed by atoms with Gasteiger partial charge in [-0.1, -0.05) is 35.5 Å². The fraction of sp³-hybridized carbons (Fsp3) is 0.500. The van der Waals surface area contributed by atoms with Gasteiger partial charge in [-0.05, 0) is 12.0 Å². The maximum atomic E-state index is 12.1. The number of amides is 1. The van der Waals surface area contributed by atoms with Crippen LogP contribution in [0.15, 0.2) is 34.9 Å². The molecule has 2 aromatic rings. The maximum Gasteiger partial charge on any atom is 0.223 e. The molecule has 134 valence electrons. The van der Waals surface area contributed by atoms with Gasteiger partial charge < -0.3 is 14.5 Å². The number of likely N-dealkylation sites (tertiary alicyclic amines) is 1. The SMILES string of the molecule is CC(=O)N(Cc1noc(C)n1)[C@H]1CCN(C[C@@H](O)c2ccccc2)C1. The summed E-state index contributed by atoms with van der Waals surface area (Å²) in [6.45, 7) is 5.80. The molecule has 1 fully saturated rings. The van der Waals surface area contributed by atoms with E-state index in [0.717, 1.165) is 25.1 Å². The zero-order valence-electron chi connectivity index (χ0n) is 14.6. The molecular weight excluding hydrogens is 320 g/mol. The Kier molecular flexibility index (Phi) is 5.45. The number of rotatable bonds is 6. The van der Waals surface area contributed by atoms with Crippen molar-refractivity contribution < 1.29 is 14.4 Å². The van der Waals surface area contributed by atoms with Crippen LogP contribution < -0.4 is 0 Å². The molecule has 0 unspecified atom stereocenters. The second kappa shape index (κ2) is 7.76. The molecule has 25 heavy (non-hydrogen) atoms. The molecular formula is C18H24N4O3. The summed E-state index contributed by atoms with van der Waals surface area (Å²) in [6, 6.07) is 9.74. The number of aliphatic hydroxyl groups excluding tert-OH is 1. The number of hydrogen-bond acceptors (Lipinski definition) is 6. The van der Waals surface area contributed by atoms with Crippen LogP contribution in [0.1, 0.15) is 36.7 Å². The molecule has 0 bridgehead atoms. The first-order valence-electron chi connectivity index (χ1n) is 8.54. The molecule has 3 rings (SSSR count). The number of hydrogen-bond donors (Lipinski definition) is 1. The van der Waals surface area contributed by atoms with E-state index in [0.29, 0.717) is 24.8 Å². The van der Waals surface area contributed by atoms with Crippen molar-refractivity contribution in [2.45, 2.75) is 39.0 Å². The summed E-state index contributed by atoms with van der Waals surface area (Å²) < 4.78 is 4.99. The zero-order valence-corrected chi connectivity index (χ0v) is 14.6. The molecule has 7 nitrogen and oxygen atoms in total. The third-order valence-corrected chi connectivity index (χ3v) is 4.59. The van der Waals surface area contributed by atoms with Crippen LogP contribution in [0.2, 0.25) is 0 Å². The highest BCUT2D eigenvalue weighted by molar-refractivity contribution is 5.73. The van der Waals surface area contributed by atoms with Crippen LogP contribution in [-0.4, -0.2) is 56.6 Å². The number of aliphatic hydroxyl groups is 1. The van der Waals surface area contributed by atoms with Crippen molar-refractivity contribution in [2.24, 2.45) is 0 Å². The van der Waals surface area contributed by atoms with Gasteiger partial charge in [0.2, 0.25) is 11.8 Å². The second-order valence-electron chi connectivity index (χ2n) is 6.51. The van der Waals surface area contributed by atoms with Gasteiger partial charge in [0.1, 0.15) is 0 Å². The number of aromatic nitrogens is 2. The van der Waals surface area contributed by atoms with Crippen molar-refractivity contribution in [1.82, 2.24) is 19.9 Å². The number of aryl methyl sites for hydroxylation is 1. The molecule has 0 aliphatic carbocycles. The molecule has 1 aromatic carbocycles. The van der Waals surface area contributed by atoms with Gasteiger partial charge >= 0.3 is 0 Å². The lowest BCUT2D eigenvalue weighted by Crippen LogP contribution is -2.41. The predicted octanol–water partition coefficient (Wildman–Crippen LogP) is 1.53. The summed E-state index contributed by atoms with van der Waals surface area (Å²) in [5, 5.41) is 14.3. The first-order chi connectivity index (χ1) is 12.0. The summed E-state index contributed by atoms with van der Waals surface area (Å²) in [7, 11) is 0. The molecule has 2 atom stereocenters. The van der Waals surface area contributed by atoms with Gasteiger partial charge in [-0.2, -0.15) is 4.98 Å². The Hall–Kier alpha value is -2.25. The molecule has 0 radical (unpaired) electrons. The van der Waals surface area contributed by atoms with Crippen molar-refractivity contribution in [3.63, 3.8) is 0 Å². The van der Waals surface area contributed by atoms with Crippen LogP contribution in [0.3, 0.4) is 0 Å². The van der Waals surface area contributed by atoms with E-state index in [9.17, 15) is 9.90 Å². The van der Waals surface area contributed by atoms with Gasteiger partial charge in [0.25, 0.3) is 0 Å². The maximum absolute atomic E-state index is 12.1. The molecule has 0 saturated carbocycles. The quantitative estimate of drug-likeness (QED) is 0.856. The van der Waals surface area contributed by atoms with Crippen molar-refractivity contribution in [1.29, 1.82) is 0 Å². The van der Waals surface area contributed by atoms with Crippen molar-refractivity contribution in [3.8, 4) is 0 Å². The Morgan fingerprint density at radius 3 is 2.84 bits per heavy atom. The van der Waals surface area contributed by atoms with Crippen LogP contribution >= 0.6 is 0 Å². The molecule has 7 heteroatoms. The molecule has 1 N–H and O–H groups in total. The first kappa shape index (κ1) is 17.6. The van der Waals surface area contributed by atoms with E-state index in [4.69, 9.17) is 4.52 Å². The van der Waals surface area contributed by atoms with Crippen LogP contribution in [0, 0.1) is 6.92 Å². The highest BCUT2D eigenvalue weighted by Crippen LogP contribution is 2.21. The Morgan fingerprint density at radius 2 is 2.20 bits per heavy atom. The van der Waals surface area contributed by atoms with Gasteiger partial charge in [0, 0.05) is 39.5 Å². The average molecular weight is 344 g/mol. The summed E-state index contributed by atoms with van der Waals surface area (Å²) in [5.74, 6) is 1.02. The number of carbonyl (C=O) groups is 1. The largest absolute Gasteiger partial charge is 0.387 e. The summed E-state index contributed by atoms with van der Waals surface area (Å²) in [4.78, 5) is 20.2. The Bertz CT molecular complexity index is 703. The highest BCUT2D eigenvalue weighted by atomic mass is 16.5. The number of β-amino-alcohol motifs (C(OH)–C–C–N with tert-alkyl or cyclic N) is 1. The standard InChI is InChI=1S/C18H24N4O3/c1-13-19-18(20-25-13)12-22(14(2)23)16-8-9-21(10-16)11-17(24)15-6-4-3-5-7-15/h3-7,16-17,24H,8-12H2,1-2H3/t16-,17+/m0/s1. The lowest BCUT2D eigenvalue weighted by atomic mass is 10.1. The Labute approximate surface area is 147 Å². The summed E-state index contributed by atoms with van der Waals surface area (Å²) in [5.41, 5.74) is 0.914. The lowest BCUT2D eigenvalue weighted by Gasteiger charge is -2.27. The van der Waals surface area contributed by atoms with E-state index in [1.54, 1.807) is 18.7 Å². The molecule has 1 aliphatic rings. The smallest absolute Gasteiger partial charge is 0.223 e. The first-order valence-corrected chi connectivity index (χ1v) is 8.54. The Morgan fingerprint density at radius 1 is 1.44 bits per heavy atom. The second-order valence-corrected chi connectivity index (χ2v) is 6.51. The van der Waals surface area contributed by atoms with E-state index < -0.39 is 6.10 Å². The molecule has 2 heterocycles. The van der Waals surface area contributed by atoms with Crippen molar-refractivity contribution >= 4 is 5.91 Å². The van der Waals surface area contributed by atoms with E-state index in [1.807, 2.05) is 30.3 Å². The fourth-order valence-electron chi connectivity index (χ4n) is 3.31. The molecule has 1 amide bonds. The average Bonchev–Trinajstić information content (AvgIpc) is 3.22. The summed E-state index contributed by atoms with van der Waals surface area (Å²) in [6.07, 6.45) is 0.350. The number of benzene rings is 1. The summed E-state index contributed by atoms with van der Waals surface area (Å²) >= 11 is 0. The van der Waals surface area contributed by atoms with Gasteiger partial charge in [-0.3, -0.25) is 9.69 Å². The monoisotopic (exact) mass is 344 g/mol. The Balaban J connectivity index is 1.59. The van der Waals surface area contributed by atoms with Crippen molar-refractivity contribution in [3.05, 3.63) is 47.6 Å². The van der Waals surface area contributed by atoms with Gasteiger partial charge in [0.15, 0.2) is 5.82 Å². The van der Waals surface area contributed by atoms with Gasteiger partial charge in [-0.15, -0.1) is 0 Å². The third kappa shape index (κ3) is 4.43. The van der Waals surface area contributed by atoms with Gasteiger partial charge in [0.05, 0.1) is 12.6 Å². The van der Waals surface area contributed by atoms with Crippen molar-refractivity contribution in [2.75, 3.05) is 19.6 Å². The minimum absolute atomic E-state index is 0.00193. The minimum atomic E-state index is -0.523. The fourth-order valence-corrected chi connectivity index (χ4v) is 3.31. The minimum Gasteiger partial charge on any atom is -0.387 e. The van der Waals surface area contributed by atoms with Gasteiger partial charge in [-0.25, -0.2) is 0 Å².